The van der Waals surface area contributed by atoms with Gasteiger partial charge in [-0.1, -0.05) is 30.3 Å². The summed E-state index contributed by atoms with van der Waals surface area (Å²) in [5.74, 6) is 1.87. The lowest BCUT2D eigenvalue weighted by Crippen LogP contribution is -2.39. The molecule has 0 radical (unpaired) electrons. The number of aliphatic hydroxyl groups is 1. The smallest absolute Gasteiger partial charge is 0.191 e. The van der Waals surface area contributed by atoms with Gasteiger partial charge in [-0.15, -0.1) is 24.0 Å². The topological polar surface area (TPSA) is 65.9 Å². The van der Waals surface area contributed by atoms with Crippen LogP contribution >= 0.6 is 24.0 Å². The number of aliphatic imine (C=N–C) groups is 1. The molecule has 1 fully saturated rings. The van der Waals surface area contributed by atoms with Crippen LogP contribution in [0.4, 0.5) is 4.39 Å². The first-order chi connectivity index (χ1) is 13.7. The van der Waals surface area contributed by atoms with Gasteiger partial charge < -0.3 is 20.5 Å². The van der Waals surface area contributed by atoms with Gasteiger partial charge in [-0.05, 0) is 49.4 Å². The number of para-hydroxylation sites is 1. The highest BCUT2D eigenvalue weighted by Crippen LogP contribution is 2.30. The summed E-state index contributed by atoms with van der Waals surface area (Å²) in [4.78, 5) is 4.61. The van der Waals surface area contributed by atoms with Gasteiger partial charge in [0.05, 0.1) is 19.3 Å². The van der Waals surface area contributed by atoms with E-state index in [-0.39, 0.29) is 36.3 Å². The van der Waals surface area contributed by atoms with Gasteiger partial charge in [-0.25, -0.2) is 9.38 Å². The third-order valence-electron chi connectivity index (χ3n) is 4.61. The summed E-state index contributed by atoms with van der Waals surface area (Å²) in [6.07, 6.45) is 1.76. The van der Waals surface area contributed by atoms with E-state index in [4.69, 9.17) is 4.74 Å². The molecule has 5 nitrogen and oxygen atoms in total. The molecule has 0 heterocycles. The Bertz CT molecular complexity index is 782. The molecule has 2 aromatic rings. The maximum atomic E-state index is 13.0. The van der Waals surface area contributed by atoms with Crippen LogP contribution in [-0.4, -0.2) is 30.8 Å². The first kappa shape index (κ1) is 23.4. The molecule has 1 aliphatic carbocycles. The fourth-order valence-electron chi connectivity index (χ4n) is 2.77. The minimum Gasteiger partial charge on any atom is -0.493 e. The van der Waals surface area contributed by atoms with Crippen LogP contribution in [0.1, 0.15) is 37.0 Å². The Kier molecular flexibility index (Phi) is 9.66. The molecular weight excluding hydrogens is 484 g/mol. The van der Waals surface area contributed by atoms with Crippen molar-refractivity contribution in [3.8, 4) is 5.75 Å². The monoisotopic (exact) mass is 513 g/mol. The molecule has 0 spiro atoms. The molecule has 158 valence electrons. The number of aliphatic hydroxyl groups excluding tert-OH is 1. The molecule has 1 saturated carbocycles. The Morgan fingerprint density at radius 1 is 1.17 bits per heavy atom. The molecule has 7 heteroatoms. The molecule has 0 amide bonds. The Balaban J connectivity index is 0.00000300. The van der Waals surface area contributed by atoms with E-state index in [9.17, 15) is 9.50 Å². The molecule has 0 aliphatic heterocycles. The van der Waals surface area contributed by atoms with Gasteiger partial charge in [0.1, 0.15) is 11.6 Å². The predicted molar refractivity (Wildman–Crippen MR) is 124 cm³/mol. The van der Waals surface area contributed by atoms with E-state index in [1.807, 2.05) is 31.2 Å². The lowest BCUT2D eigenvalue weighted by molar-refractivity contribution is 0.180. The summed E-state index contributed by atoms with van der Waals surface area (Å²) in [6, 6.07) is 13.8. The van der Waals surface area contributed by atoms with E-state index < -0.39 is 6.10 Å². The van der Waals surface area contributed by atoms with Crippen molar-refractivity contribution in [3.63, 3.8) is 0 Å². The second-order valence-electron chi connectivity index (χ2n) is 7.01. The standard InChI is InChI=1S/C22H28FN3O2.HI/c1-2-24-22(26-14-20(27)17-9-11-19(23)12-10-17)25-13-18-5-3-4-6-21(18)28-15-16-7-8-16;/h3-6,9-12,16,20,27H,2,7-8,13-15H2,1H3,(H2,24,25,26);1H. The number of halogens is 2. The largest absolute Gasteiger partial charge is 0.493 e. The van der Waals surface area contributed by atoms with Crippen LogP contribution in [-0.2, 0) is 6.54 Å². The van der Waals surface area contributed by atoms with Crippen LogP contribution in [0.5, 0.6) is 5.75 Å². The zero-order valence-corrected chi connectivity index (χ0v) is 18.9. The van der Waals surface area contributed by atoms with Gasteiger partial charge in [0.15, 0.2) is 5.96 Å². The second kappa shape index (κ2) is 12.0. The van der Waals surface area contributed by atoms with Crippen molar-refractivity contribution in [3.05, 3.63) is 65.5 Å². The highest BCUT2D eigenvalue weighted by atomic mass is 127. The summed E-state index contributed by atoms with van der Waals surface area (Å²) < 4.78 is 19.0. The average Bonchev–Trinajstić information content (AvgIpc) is 3.54. The van der Waals surface area contributed by atoms with Gasteiger partial charge in [-0.2, -0.15) is 0 Å². The lowest BCUT2D eigenvalue weighted by Gasteiger charge is -2.16. The van der Waals surface area contributed by atoms with Crippen molar-refractivity contribution < 1.29 is 14.2 Å². The number of guanidine groups is 1. The highest BCUT2D eigenvalue weighted by Gasteiger charge is 2.22. The minimum atomic E-state index is -0.751. The predicted octanol–water partition coefficient (Wildman–Crippen LogP) is 4.02. The Morgan fingerprint density at radius 3 is 2.59 bits per heavy atom. The van der Waals surface area contributed by atoms with E-state index in [1.165, 1.54) is 25.0 Å². The van der Waals surface area contributed by atoms with Gasteiger partial charge in [0.2, 0.25) is 0 Å². The molecule has 1 aliphatic rings. The van der Waals surface area contributed by atoms with Crippen LogP contribution in [0.15, 0.2) is 53.5 Å². The van der Waals surface area contributed by atoms with E-state index >= 15 is 0 Å². The zero-order valence-electron chi connectivity index (χ0n) is 16.6. The summed E-state index contributed by atoms with van der Waals surface area (Å²) in [7, 11) is 0. The number of ether oxygens (including phenoxy) is 1. The van der Waals surface area contributed by atoms with Crippen LogP contribution in [0, 0.1) is 11.7 Å². The molecule has 2 aromatic carbocycles. The van der Waals surface area contributed by atoms with Crippen LogP contribution in [0.25, 0.3) is 0 Å². The fraction of sp³-hybridized carbons (Fsp3) is 0.409. The molecule has 0 bridgehead atoms. The number of nitrogens with zero attached hydrogens (tertiary/aromatic N) is 1. The lowest BCUT2D eigenvalue weighted by atomic mass is 10.1. The molecule has 0 saturated heterocycles. The number of hydrogen-bond acceptors (Lipinski definition) is 3. The minimum absolute atomic E-state index is 0. The van der Waals surface area contributed by atoms with Crippen molar-refractivity contribution in [1.82, 2.24) is 10.6 Å². The van der Waals surface area contributed by atoms with Crippen molar-refractivity contribution in [2.75, 3.05) is 19.7 Å². The quantitative estimate of drug-likeness (QED) is 0.269. The van der Waals surface area contributed by atoms with Gasteiger partial charge in [-0.3, -0.25) is 0 Å². The second-order valence-corrected chi connectivity index (χ2v) is 7.01. The number of benzene rings is 2. The van der Waals surface area contributed by atoms with E-state index in [0.717, 1.165) is 17.9 Å². The van der Waals surface area contributed by atoms with Gasteiger partial charge >= 0.3 is 0 Å². The number of hydrogen-bond donors (Lipinski definition) is 3. The molecule has 1 atom stereocenters. The first-order valence-electron chi connectivity index (χ1n) is 9.82. The first-order valence-corrected chi connectivity index (χ1v) is 9.82. The van der Waals surface area contributed by atoms with Crippen molar-refractivity contribution >= 4 is 29.9 Å². The number of rotatable bonds is 9. The summed E-state index contributed by atoms with van der Waals surface area (Å²) in [5, 5.41) is 16.6. The third kappa shape index (κ3) is 7.81. The van der Waals surface area contributed by atoms with Crippen molar-refractivity contribution in [2.45, 2.75) is 32.4 Å². The molecule has 3 N–H and O–H groups in total. The SMILES string of the molecule is CCNC(=NCc1ccccc1OCC1CC1)NCC(O)c1ccc(F)cc1.I. The number of nitrogens with one attached hydrogen (secondary N) is 2. The van der Waals surface area contributed by atoms with Crippen LogP contribution < -0.4 is 15.4 Å². The molecule has 29 heavy (non-hydrogen) atoms. The molecule has 1 unspecified atom stereocenters. The van der Waals surface area contributed by atoms with Crippen molar-refractivity contribution in [2.24, 2.45) is 10.9 Å². The Hall–Kier alpha value is -1.87. The molecule has 3 rings (SSSR count). The van der Waals surface area contributed by atoms with E-state index in [2.05, 4.69) is 15.6 Å². The summed E-state index contributed by atoms with van der Waals surface area (Å²) >= 11 is 0. The van der Waals surface area contributed by atoms with Gasteiger partial charge in [0, 0.05) is 18.7 Å². The summed E-state index contributed by atoms with van der Waals surface area (Å²) in [5.41, 5.74) is 1.68. The molecular formula is C22H29FIN3O2. The van der Waals surface area contributed by atoms with E-state index in [0.29, 0.717) is 30.5 Å². The zero-order chi connectivity index (χ0) is 19.8. The summed E-state index contributed by atoms with van der Waals surface area (Å²) in [6.45, 7) is 4.21. The average molecular weight is 513 g/mol. The third-order valence-corrected chi connectivity index (χ3v) is 4.61. The van der Waals surface area contributed by atoms with Crippen LogP contribution in [0.3, 0.4) is 0 Å². The molecule has 0 aromatic heterocycles. The maximum absolute atomic E-state index is 13.0. The Labute approximate surface area is 188 Å². The van der Waals surface area contributed by atoms with Crippen molar-refractivity contribution in [1.29, 1.82) is 0 Å². The highest BCUT2D eigenvalue weighted by molar-refractivity contribution is 14.0. The Morgan fingerprint density at radius 2 is 1.90 bits per heavy atom. The maximum Gasteiger partial charge on any atom is 0.191 e. The van der Waals surface area contributed by atoms with Crippen LogP contribution in [0.2, 0.25) is 0 Å². The normalized spacial score (nSPS) is 14.7. The van der Waals surface area contributed by atoms with E-state index in [1.54, 1.807) is 12.1 Å². The van der Waals surface area contributed by atoms with Gasteiger partial charge in [0.25, 0.3) is 0 Å². The fourth-order valence-corrected chi connectivity index (χ4v) is 2.77.